The maximum absolute atomic E-state index is 12.9. The van der Waals surface area contributed by atoms with Gasteiger partial charge in [-0.05, 0) is 19.1 Å². The predicted octanol–water partition coefficient (Wildman–Crippen LogP) is 2.24. The highest BCUT2D eigenvalue weighted by Gasteiger charge is 2.30. The van der Waals surface area contributed by atoms with E-state index in [2.05, 4.69) is 15.1 Å². The number of fused-ring (bicyclic) bond motifs is 5. The van der Waals surface area contributed by atoms with Gasteiger partial charge >= 0.3 is 0 Å². The molecule has 0 amide bonds. The molecule has 3 aromatic rings. The van der Waals surface area contributed by atoms with Crippen molar-refractivity contribution in [2.45, 2.75) is 13.2 Å². The molecule has 1 unspecified atom stereocenters. The molecule has 3 heterocycles. The smallest absolute Gasteiger partial charge is 0.198 e. The third-order valence-electron chi connectivity index (χ3n) is 3.65. The molecule has 0 N–H and O–H groups in total. The second-order valence-corrected chi connectivity index (χ2v) is 4.76. The molecule has 2 aromatic heterocycles. The molecule has 0 saturated heterocycles. The van der Waals surface area contributed by atoms with Crippen LogP contribution in [0.1, 0.15) is 17.6 Å². The van der Waals surface area contributed by atoms with Gasteiger partial charge in [0.05, 0.1) is 23.4 Å². The molecule has 0 bridgehead atoms. The summed E-state index contributed by atoms with van der Waals surface area (Å²) in [5.74, 6) is 0.646. The second kappa shape index (κ2) is 4.49. The van der Waals surface area contributed by atoms with Crippen LogP contribution in [0, 0.1) is 6.92 Å². The highest BCUT2D eigenvalue weighted by Crippen LogP contribution is 2.36. The SMILES string of the molecule is Cc1ncn2c1C(OCF)n1ncnc1-c1ccccc1-2. The van der Waals surface area contributed by atoms with Gasteiger partial charge in [-0.1, -0.05) is 12.1 Å². The first-order valence-corrected chi connectivity index (χ1v) is 6.52. The molecular weight excluding hydrogens is 273 g/mol. The van der Waals surface area contributed by atoms with Crippen molar-refractivity contribution in [1.82, 2.24) is 24.3 Å². The van der Waals surface area contributed by atoms with Crippen molar-refractivity contribution in [3.8, 4) is 17.1 Å². The van der Waals surface area contributed by atoms with Gasteiger partial charge in [-0.3, -0.25) is 4.57 Å². The molecule has 0 saturated carbocycles. The fraction of sp³-hybridized carbons (Fsp3) is 0.214. The Labute approximate surface area is 119 Å². The van der Waals surface area contributed by atoms with Gasteiger partial charge in [-0.2, -0.15) is 5.10 Å². The van der Waals surface area contributed by atoms with Gasteiger partial charge in [0, 0.05) is 5.56 Å². The Balaban J connectivity index is 2.09. The first-order chi connectivity index (χ1) is 10.3. The van der Waals surface area contributed by atoms with Crippen LogP contribution in [0.3, 0.4) is 0 Å². The average molecular weight is 285 g/mol. The summed E-state index contributed by atoms with van der Waals surface area (Å²) >= 11 is 0. The molecule has 0 spiro atoms. The topological polar surface area (TPSA) is 57.8 Å². The minimum Gasteiger partial charge on any atom is -0.319 e. The van der Waals surface area contributed by atoms with Crippen LogP contribution in [0.2, 0.25) is 0 Å². The van der Waals surface area contributed by atoms with E-state index in [0.717, 1.165) is 22.6 Å². The molecule has 7 heteroatoms. The van der Waals surface area contributed by atoms with Crippen molar-refractivity contribution >= 4 is 0 Å². The molecule has 0 fully saturated rings. The standard InChI is InChI=1S/C14H12FN5O/c1-9-12-14(21-6-15)20-13(16-7-18-20)10-4-2-3-5-11(10)19(12)8-17-9/h2-5,7-8,14H,6H2,1H3. The Kier molecular flexibility index (Phi) is 2.61. The summed E-state index contributed by atoms with van der Waals surface area (Å²) in [5.41, 5.74) is 3.35. The van der Waals surface area contributed by atoms with Crippen molar-refractivity contribution in [1.29, 1.82) is 0 Å². The van der Waals surface area contributed by atoms with Crippen LogP contribution >= 0.6 is 0 Å². The van der Waals surface area contributed by atoms with E-state index >= 15 is 0 Å². The lowest BCUT2D eigenvalue weighted by Crippen LogP contribution is -2.18. The summed E-state index contributed by atoms with van der Waals surface area (Å²) in [6, 6.07) is 7.79. The van der Waals surface area contributed by atoms with Gasteiger partial charge in [-0.25, -0.2) is 19.0 Å². The van der Waals surface area contributed by atoms with Crippen LogP contribution in [0.15, 0.2) is 36.9 Å². The number of alkyl halides is 1. The van der Waals surface area contributed by atoms with Crippen LogP contribution in [0.4, 0.5) is 4.39 Å². The van der Waals surface area contributed by atoms with Crippen LogP contribution < -0.4 is 0 Å². The number of aryl methyl sites for hydroxylation is 1. The monoisotopic (exact) mass is 285 g/mol. The van der Waals surface area contributed by atoms with Crippen molar-refractivity contribution in [2.75, 3.05) is 6.86 Å². The van der Waals surface area contributed by atoms with E-state index < -0.39 is 13.1 Å². The van der Waals surface area contributed by atoms with E-state index in [1.165, 1.54) is 6.33 Å². The fourth-order valence-electron chi connectivity index (χ4n) is 2.75. The number of aromatic nitrogens is 5. The number of ether oxygens (including phenoxy) is 1. The molecule has 1 atom stereocenters. The molecular formula is C14H12FN5O. The van der Waals surface area contributed by atoms with E-state index in [4.69, 9.17) is 4.74 Å². The average Bonchev–Trinajstić information content (AvgIpc) is 3.10. The lowest BCUT2D eigenvalue weighted by atomic mass is 10.1. The van der Waals surface area contributed by atoms with E-state index in [-0.39, 0.29) is 0 Å². The number of benzene rings is 1. The number of rotatable bonds is 2. The third-order valence-corrected chi connectivity index (χ3v) is 3.65. The Morgan fingerprint density at radius 2 is 2.14 bits per heavy atom. The number of nitrogens with zero attached hydrogens (tertiary/aromatic N) is 5. The molecule has 0 radical (unpaired) electrons. The Bertz CT molecular complexity index is 809. The van der Waals surface area contributed by atoms with Gasteiger partial charge in [0.1, 0.15) is 6.33 Å². The summed E-state index contributed by atoms with van der Waals surface area (Å²) in [6.07, 6.45) is 2.47. The van der Waals surface area contributed by atoms with Crippen molar-refractivity contribution in [2.24, 2.45) is 0 Å². The van der Waals surface area contributed by atoms with Crippen LogP contribution in [0.25, 0.3) is 17.1 Å². The summed E-state index contributed by atoms with van der Waals surface area (Å²) in [5, 5.41) is 4.21. The number of para-hydroxylation sites is 1. The zero-order chi connectivity index (χ0) is 14.4. The first kappa shape index (κ1) is 12.2. The number of imidazole rings is 1. The zero-order valence-corrected chi connectivity index (χ0v) is 11.3. The summed E-state index contributed by atoms with van der Waals surface area (Å²) in [6.45, 7) is 0.954. The first-order valence-electron chi connectivity index (χ1n) is 6.52. The Morgan fingerprint density at radius 3 is 3.00 bits per heavy atom. The molecule has 0 aliphatic carbocycles. The van der Waals surface area contributed by atoms with E-state index in [1.54, 1.807) is 11.0 Å². The van der Waals surface area contributed by atoms with Crippen LogP contribution in [-0.2, 0) is 4.74 Å². The maximum atomic E-state index is 12.9. The normalized spacial score (nSPS) is 16.0. The zero-order valence-electron chi connectivity index (χ0n) is 11.3. The largest absolute Gasteiger partial charge is 0.319 e. The summed E-state index contributed by atoms with van der Waals surface area (Å²) in [7, 11) is 0. The highest BCUT2D eigenvalue weighted by atomic mass is 19.1. The Morgan fingerprint density at radius 1 is 1.29 bits per heavy atom. The number of hydrogen-bond acceptors (Lipinski definition) is 4. The molecule has 106 valence electrons. The van der Waals surface area contributed by atoms with E-state index in [9.17, 15) is 4.39 Å². The summed E-state index contributed by atoms with van der Waals surface area (Å²) in [4.78, 5) is 8.63. The summed E-state index contributed by atoms with van der Waals surface area (Å²) < 4.78 is 21.6. The minimum absolute atomic E-state index is 0.646. The minimum atomic E-state index is -0.912. The quantitative estimate of drug-likeness (QED) is 0.724. The van der Waals surface area contributed by atoms with Gasteiger partial charge in [0.15, 0.2) is 18.9 Å². The molecule has 1 aromatic carbocycles. The molecule has 6 nitrogen and oxygen atoms in total. The fourth-order valence-corrected chi connectivity index (χ4v) is 2.75. The van der Waals surface area contributed by atoms with Crippen molar-refractivity contribution < 1.29 is 9.13 Å². The Hall–Kier alpha value is -2.54. The van der Waals surface area contributed by atoms with Crippen LogP contribution in [0.5, 0.6) is 0 Å². The van der Waals surface area contributed by atoms with Gasteiger partial charge < -0.3 is 4.74 Å². The maximum Gasteiger partial charge on any atom is 0.198 e. The van der Waals surface area contributed by atoms with Gasteiger partial charge in [0.2, 0.25) is 0 Å². The highest BCUT2D eigenvalue weighted by molar-refractivity contribution is 5.69. The molecule has 1 aliphatic heterocycles. The van der Waals surface area contributed by atoms with E-state index in [0.29, 0.717) is 5.82 Å². The van der Waals surface area contributed by atoms with Crippen molar-refractivity contribution in [3.63, 3.8) is 0 Å². The lowest BCUT2D eigenvalue weighted by Gasteiger charge is -2.17. The lowest BCUT2D eigenvalue weighted by molar-refractivity contribution is -0.0297. The van der Waals surface area contributed by atoms with E-state index in [1.807, 2.05) is 35.8 Å². The molecule has 1 aliphatic rings. The van der Waals surface area contributed by atoms with Crippen LogP contribution in [-0.4, -0.2) is 31.2 Å². The molecule has 21 heavy (non-hydrogen) atoms. The van der Waals surface area contributed by atoms with Gasteiger partial charge in [-0.15, -0.1) is 0 Å². The third kappa shape index (κ3) is 1.64. The second-order valence-electron chi connectivity index (χ2n) is 4.76. The van der Waals surface area contributed by atoms with Crippen molar-refractivity contribution in [3.05, 3.63) is 48.3 Å². The van der Waals surface area contributed by atoms with Gasteiger partial charge in [0.25, 0.3) is 0 Å². The number of hydrogen-bond donors (Lipinski definition) is 0. The predicted molar refractivity (Wildman–Crippen MR) is 72.5 cm³/mol. The number of halogens is 1. The molecule has 4 rings (SSSR count).